The highest BCUT2D eigenvalue weighted by molar-refractivity contribution is 7.99. The summed E-state index contributed by atoms with van der Waals surface area (Å²) in [7, 11) is 0. The van der Waals surface area contributed by atoms with Gasteiger partial charge in [-0.2, -0.15) is 11.8 Å². The maximum absolute atomic E-state index is 12.7. The molecule has 2 fully saturated rings. The van der Waals surface area contributed by atoms with Gasteiger partial charge in [0, 0.05) is 47.8 Å². The van der Waals surface area contributed by atoms with E-state index in [0.717, 1.165) is 30.6 Å². The van der Waals surface area contributed by atoms with Gasteiger partial charge in [-0.15, -0.1) is 0 Å². The Balaban J connectivity index is 1.14. The third kappa shape index (κ3) is 5.15. The van der Waals surface area contributed by atoms with E-state index in [1.54, 1.807) is 6.07 Å². The van der Waals surface area contributed by atoms with E-state index in [2.05, 4.69) is 15.5 Å². The summed E-state index contributed by atoms with van der Waals surface area (Å²) in [4.78, 5) is 27.9. The molecule has 2 amide bonds. The van der Waals surface area contributed by atoms with Crippen LogP contribution in [0.4, 0.5) is 5.69 Å². The number of carbonyl (C=O) groups is 2. The topological polar surface area (TPSA) is 74.6 Å². The number of furan rings is 1. The Kier molecular flexibility index (Phi) is 6.92. The molecule has 2 heterocycles. The molecule has 1 saturated carbocycles. The number of hydrogen-bond donors (Lipinski definition) is 2. The zero-order valence-corrected chi connectivity index (χ0v) is 20.2. The summed E-state index contributed by atoms with van der Waals surface area (Å²) < 4.78 is 5.63. The lowest BCUT2D eigenvalue weighted by Crippen LogP contribution is -2.56. The Bertz CT molecular complexity index is 1110. The number of fused-ring (bicyclic) bond motifs is 1. The van der Waals surface area contributed by atoms with Crippen molar-refractivity contribution < 1.29 is 14.0 Å². The van der Waals surface area contributed by atoms with Crippen molar-refractivity contribution in [3.8, 4) is 0 Å². The first-order valence-electron chi connectivity index (χ1n) is 12.1. The van der Waals surface area contributed by atoms with Gasteiger partial charge in [-0.25, -0.2) is 0 Å². The van der Waals surface area contributed by atoms with Gasteiger partial charge in [-0.05, 0) is 42.7 Å². The van der Waals surface area contributed by atoms with Crippen LogP contribution in [0.25, 0.3) is 11.0 Å². The van der Waals surface area contributed by atoms with Crippen molar-refractivity contribution in [1.82, 2.24) is 10.2 Å². The molecule has 0 radical (unpaired) electrons. The Morgan fingerprint density at radius 3 is 2.47 bits per heavy atom. The number of rotatable bonds is 7. The molecule has 1 aromatic heterocycles. The van der Waals surface area contributed by atoms with Gasteiger partial charge in [0.15, 0.2) is 5.76 Å². The summed E-state index contributed by atoms with van der Waals surface area (Å²) in [5.74, 6) is 2.42. The van der Waals surface area contributed by atoms with E-state index >= 15 is 0 Å². The summed E-state index contributed by atoms with van der Waals surface area (Å²) >= 11 is 2.03. The van der Waals surface area contributed by atoms with Crippen LogP contribution in [-0.4, -0.2) is 53.4 Å². The number of carbonyl (C=O) groups excluding carboxylic acids is 2. The lowest BCUT2D eigenvalue weighted by molar-refractivity contribution is -0.121. The largest absolute Gasteiger partial charge is 0.451 e. The highest BCUT2D eigenvalue weighted by Crippen LogP contribution is 2.36. The number of nitrogens with one attached hydrogen (secondary N) is 2. The molecule has 0 unspecified atom stereocenters. The highest BCUT2D eigenvalue weighted by Gasteiger charge is 2.40. The van der Waals surface area contributed by atoms with Gasteiger partial charge in [-0.3, -0.25) is 14.5 Å². The first kappa shape index (κ1) is 23.0. The van der Waals surface area contributed by atoms with Crippen molar-refractivity contribution in [3.05, 3.63) is 65.9 Å². The van der Waals surface area contributed by atoms with Crippen LogP contribution in [0.3, 0.4) is 0 Å². The molecule has 0 bridgehead atoms. The van der Waals surface area contributed by atoms with E-state index in [4.69, 9.17) is 4.42 Å². The summed E-state index contributed by atoms with van der Waals surface area (Å²) in [6.07, 6.45) is 5.19. The molecule has 7 heteroatoms. The number of nitrogens with zero attached hydrogens (tertiary/aromatic N) is 1. The van der Waals surface area contributed by atoms with E-state index in [9.17, 15) is 9.59 Å². The molecule has 34 heavy (non-hydrogen) atoms. The van der Waals surface area contributed by atoms with Crippen molar-refractivity contribution in [2.75, 3.05) is 36.5 Å². The van der Waals surface area contributed by atoms with Gasteiger partial charge < -0.3 is 15.1 Å². The van der Waals surface area contributed by atoms with Crippen LogP contribution < -0.4 is 10.6 Å². The van der Waals surface area contributed by atoms with Crippen LogP contribution in [0.15, 0.2) is 59.0 Å². The van der Waals surface area contributed by atoms with Gasteiger partial charge in [0.05, 0.1) is 6.42 Å². The monoisotopic (exact) mass is 477 g/mol. The molecule has 0 atom stereocenters. The van der Waals surface area contributed by atoms with Crippen LogP contribution in [0.5, 0.6) is 0 Å². The average Bonchev–Trinajstić information content (AvgIpc) is 3.53. The van der Waals surface area contributed by atoms with E-state index in [1.807, 2.05) is 60.3 Å². The van der Waals surface area contributed by atoms with Crippen LogP contribution >= 0.6 is 11.8 Å². The third-order valence-corrected chi connectivity index (χ3v) is 8.00. The lowest BCUT2D eigenvalue weighted by Gasteiger charge is -2.43. The number of benzene rings is 2. The molecule has 1 aliphatic heterocycles. The number of amides is 2. The summed E-state index contributed by atoms with van der Waals surface area (Å²) in [5, 5.41) is 6.98. The average molecular weight is 478 g/mol. The standard InChI is InChI=1S/C27H31N3O3S/c31-25(28-19-27(11-3-4-12-27)30-13-15-34-16-14-30)17-20-7-9-22(10-8-20)29-26(32)24-18-21-5-1-2-6-23(21)33-24/h1-2,5-10,18H,3-4,11-17,19H2,(H,28,31)(H,29,32). The van der Waals surface area contributed by atoms with Crippen molar-refractivity contribution in [2.45, 2.75) is 37.6 Å². The first-order chi connectivity index (χ1) is 16.6. The van der Waals surface area contributed by atoms with Crippen LogP contribution in [0.2, 0.25) is 0 Å². The zero-order valence-electron chi connectivity index (χ0n) is 19.3. The van der Waals surface area contributed by atoms with E-state index in [0.29, 0.717) is 17.7 Å². The van der Waals surface area contributed by atoms with Gasteiger partial charge in [-0.1, -0.05) is 43.2 Å². The molecule has 178 valence electrons. The van der Waals surface area contributed by atoms with E-state index in [-0.39, 0.29) is 23.1 Å². The number of hydrogen-bond acceptors (Lipinski definition) is 5. The number of thioether (sulfide) groups is 1. The molecule has 2 N–H and O–H groups in total. The van der Waals surface area contributed by atoms with Crippen molar-refractivity contribution >= 4 is 40.2 Å². The maximum Gasteiger partial charge on any atom is 0.291 e. The highest BCUT2D eigenvalue weighted by atomic mass is 32.2. The van der Waals surface area contributed by atoms with Gasteiger partial charge in [0.25, 0.3) is 5.91 Å². The second kappa shape index (κ2) is 10.2. The SMILES string of the molecule is O=C(Cc1ccc(NC(=O)c2cc3ccccc3o2)cc1)NCC1(N2CCSCC2)CCCC1. The molecule has 5 rings (SSSR count). The van der Waals surface area contributed by atoms with Crippen LogP contribution in [-0.2, 0) is 11.2 Å². The predicted octanol–water partition coefficient (Wildman–Crippen LogP) is 4.71. The molecule has 1 saturated heterocycles. The molecule has 6 nitrogen and oxygen atoms in total. The van der Waals surface area contributed by atoms with Crippen LogP contribution in [0.1, 0.15) is 41.8 Å². The minimum atomic E-state index is -0.292. The fourth-order valence-electron chi connectivity index (χ4n) is 5.18. The van der Waals surface area contributed by atoms with Crippen molar-refractivity contribution in [1.29, 1.82) is 0 Å². The fourth-order valence-corrected chi connectivity index (χ4v) is 6.08. The second-order valence-electron chi connectivity index (χ2n) is 9.28. The minimum Gasteiger partial charge on any atom is -0.451 e. The van der Waals surface area contributed by atoms with Crippen molar-refractivity contribution in [2.24, 2.45) is 0 Å². The van der Waals surface area contributed by atoms with Crippen LogP contribution in [0, 0.1) is 0 Å². The third-order valence-electron chi connectivity index (χ3n) is 7.06. The molecule has 0 spiro atoms. The number of anilines is 1. The van der Waals surface area contributed by atoms with Gasteiger partial charge in [0.2, 0.25) is 5.91 Å². The predicted molar refractivity (Wildman–Crippen MR) is 137 cm³/mol. The second-order valence-corrected chi connectivity index (χ2v) is 10.5. The Morgan fingerprint density at radius 2 is 1.74 bits per heavy atom. The summed E-state index contributed by atoms with van der Waals surface area (Å²) in [6.45, 7) is 2.99. The summed E-state index contributed by atoms with van der Waals surface area (Å²) in [6, 6.07) is 16.7. The molecular formula is C27H31N3O3S. The molecule has 3 aromatic rings. The van der Waals surface area contributed by atoms with Gasteiger partial charge >= 0.3 is 0 Å². The molecule has 2 aromatic carbocycles. The van der Waals surface area contributed by atoms with E-state index < -0.39 is 0 Å². The lowest BCUT2D eigenvalue weighted by atomic mass is 9.94. The first-order valence-corrected chi connectivity index (χ1v) is 13.3. The molecular weight excluding hydrogens is 446 g/mol. The normalized spacial score (nSPS) is 18.1. The Hall–Kier alpha value is -2.77. The Morgan fingerprint density at radius 1 is 1.00 bits per heavy atom. The Labute approximate surface area is 204 Å². The molecule has 1 aliphatic carbocycles. The minimum absolute atomic E-state index is 0.0525. The summed E-state index contributed by atoms with van der Waals surface area (Å²) in [5.41, 5.74) is 2.42. The number of para-hydroxylation sites is 1. The quantitative estimate of drug-likeness (QED) is 0.516. The van der Waals surface area contributed by atoms with Gasteiger partial charge in [0.1, 0.15) is 5.58 Å². The van der Waals surface area contributed by atoms with E-state index in [1.165, 1.54) is 37.2 Å². The molecule has 2 aliphatic rings. The maximum atomic E-state index is 12.7. The smallest absolute Gasteiger partial charge is 0.291 e. The zero-order chi connectivity index (χ0) is 23.4. The fraction of sp³-hybridized carbons (Fsp3) is 0.407. The van der Waals surface area contributed by atoms with Crippen molar-refractivity contribution in [3.63, 3.8) is 0 Å².